The van der Waals surface area contributed by atoms with E-state index in [0.29, 0.717) is 45.4 Å². The molecule has 6 aromatic carbocycles. The molecule has 0 amide bonds. The minimum atomic E-state index is -4.44. The second-order valence-corrected chi connectivity index (χ2v) is 11.5. The van der Waals surface area contributed by atoms with Crippen LogP contribution in [-0.4, -0.2) is 19.5 Å². The second-order valence-electron chi connectivity index (χ2n) is 11.5. The summed E-state index contributed by atoms with van der Waals surface area (Å²) in [4.78, 5) is 14.8. The highest BCUT2D eigenvalue weighted by molar-refractivity contribution is 6.10. The average molecular weight is 644 g/mol. The number of nitrogens with zero attached hydrogens (tertiary/aromatic N) is 5. The highest BCUT2D eigenvalue weighted by Crippen LogP contribution is 2.39. The Hall–Kier alpha value is -6.59. The number of hydrogen-bond donors (Lipinski definition) is 0. The Labute approximate surface area is 279 Å². The molecule has 8 heteroatoms. The number of rotatable bonds is 5. The molecule has 0 radical (unpaired) electrons. The largest absolute Gasteiger partial charge is 0.416 e. The van der Waals surface area contributed by atoms with Gasteiger partial charge in [0.1, 0.15) is 0 Å². The summed E-state index contributed by atoms with van der Waals surface area (Å²) in [5, 5.41) is 11.8. The number of nitriles is 1. The molecule has 0 saturated heterocycles. The van der Waals surface area contributed by atoms with Crippen LogP contribution in [0.25, 0.3) is 72.8 Å². The number of halogens is 3. The molecular weight excluding hydrogens is 619 g/mol. The van der Waals surface area contributed by atoms with Crippen molar-refractivity contribution in [1.29, 1.82) is 5.26 Å². The fourth-order valence-electron chi connectivity index (χ4n) is 6.17. The molecule has 234 valence electrons. The van der Waals surface area contributed by atoms with E-state index < -0.39 is 11.7 Å². The van der Waals surface area contributed by atoms with Gasteiger partial charge in [-0.1, -0.05) is 103 Å². The normalized spacial score (nSPS) is 11.6. The van der Waals surface area contributed by atoms with Crippen LogP contribution in [0.1, 0.15) is 11.1 Å². The van der Waals surface area contributed by atoms with Crippen molar-refractivity contribution in [2.75, 3.05) is 0 Å². The molecule has 0 aliphatic carbocycles. The zero-order valence-corrected chi connectivity index (χ0v) is 25.7. The number of benzene rings is 6. The molecule has 0 aliphatic rings. The number of hydrogen-bond acceptors (Lipinski definition) is 4. The summed E-state index contributed by atoms with van der Waals surface area (Å²) in [5.74, 6) is 1.41. The van der Waals surface area contributed by atoms with E-state index in [4.69, 9.17) is 15.0 Å². The van der Waals surface area contributed by atoms with Gasteiger partial charge in [-0.2, -0.15) is 18.4 Å². The SMILES string of the molecule is N#Cc1ccc2c3ccccc3n(-c3cc(-c4ccc(C(F)(F)F)cc4)ccc3-c3nc(-c4ccccc4)nc(-c4ccccc4)n3)c2c1. The topological polar surface area (TPSA) is 67.4 Å². The summed E-state index contributed by atoms with van der Waals surface area (Å²) in [6.45, 7) is 0. The highest BCUT2D eigenvalue weighted by atomic mass is 19.4. The molecule has 0 N–H and O–H groups in total. The summed E-state index contributed by atoms with van der Waals surface area (Å²) in [5.41, 5.74) is 5.80. The summed E-state index contributed by atoms with van der Waals surface area (Å²) < 4.78 is 42.4. The van der Waals surface area contributed by atoms with Crippen LogP contribution in [0, 0.1) is 11.3 Å². The molecule has 8 rings (SSSR count). The molecule has 2 aromatic heterocycles. The molecule has 0 spiro atoms. The zero-order valence-electron chi connectivity index (χ0n) is 25.7. The lowest BCUT2D eigenvalue weighted by Crippen LogP contribution is -2.05. The number of fused-ring (bicyclic) bond motifs is 3. The van der Waals surface area contributed by atoms with Gasteiger partial charge in [0.25, 0.3) is 0 Å². The molecular formula is C41H24F3N5. The fourth-order valence-corrected chi connectivity index (χ4v) is 6.17. The first-order valence-corrected chi connectivity index (χ1v) is 15.5. The van der Waals surface area contributed by atoms with Crippen LogP contribution in [0.15, 0.2) is 146 Å². The van der Waals surface area contributed by atoms with E-state index in [9.17, 15) is 18.4 Å². The van der Waals surface area contributed by atoms with Crippen LogP contribution in [0.5, 0.6) is 0 Å². The van der Waals surface area contributed by atoms with Crippen molar-refractivity contribution in [3.05, 3.63) is 157 Å². The van der Waals surface area contributed by atoms with E-state index >= 15 is 0 Å². The number of alkyl halides is 3. The van der Waals surface area contributed by atoms with Crippen LogP contribution in [-0.2, 0) is 6.18 Å². The third kappa shape index (κ3) is 5.47. The Bertz CT molecular complexity index is 2480. The molecule has 0 unspecified atom stereocenters. The first kappa shape index (κ1) is 29.8. The second kappa shape index (κ2) is 11.9. The quantitative estimate of drug-likeness (QED) is 0.187. The van der Waals surface area contributed by atoms with Crippen molar-refractivity contribution in [2.24, 2.45) is 0 Å². The van der Waals surface area contributed by atoms with Gasteiger partial charge in [-0.05, 0) is 53.6 Å². The van der Waals surface area contributed by atoms with E-state index in [1.165, 1.54) is 12.1 Å². The molecule has 0 atom stereocenters. The van der Waals surface area contributed by atoms with E-state index in [1.807, 2.05) is 115 Å². The Morgan fingerprint density at radius 1 is 0.510 bits per heavy atom. The lowest BCUT2D eigenvalue weighted by Gasteiger charge is -2.17. The van der Waals surface area contributed by atoms with Crippen molar-refractivity contribution in [3.63, 3.8) is 0 Å². The van der Waals surface area contributed by atoms with Gasteiger partial charge in [-0.15, -0.1) is 0 Å². The minimum absolute atomic E-state index is 0.420. The Morgan fingerprint density at radius 3 is 1.71 bits per heavy atom. The van der Waals surface area contributed by atoms with Crippen molar-refractivity contribution in [1.82, 2.24) is 19.5 Å². The van der Waals surface area contributed by atoms with Crippen molar-refractivity contribution in [2.45, 2.75) is 6.18 Å². The molecule has 49 heavy (non-hydrogen) atoms. The monoisotopic (exact) mass is 643 g/mol. The molecule has 0 fully saturated rings. The van der Waals surface area contributed by atoms with Crippen LogP contribution < -0.4 is 0 Å². The summed E-state index contributed by atoms with van der Waals surface area (Å²) in [6.07, 6.45) is -4.44. The van der Waals surface area contributed by atoms with Gasteiger partial charge in [-0.25, -0.2) is 15.0 Å². The lowest BCUT2D eigenvalue weighted by molar-refractivity contribution is -0.137. The van der Waals surface area contributed by atoms with Crippen LogP contribution in [0.4, 0.5) is 13.2 Å². The third-order valence-electron chi connectivity index (χ3n) is 8.53. The Kier molecular flexibility index (Phi) is 7.23. The van der Waals surface area contributed by atoms with E-state index in [-0.39, 0.29) is 0 Å². The average Bonchev–Trinajstić information content (AvgIpc) is 3.48. The van der Waals surface area contributed by atoms with Gasteiger partial charge < -0.3 is 4.57 Å². The summed E-state index contributed by atoms with van der Waals surface area (Å²) in [6, 6.07) is 46.0. The molecule has 0 saturated carbocycles. The van der Waals surface area contributed by atoms with Crippen molar-refractivity contribution < 1.29 is 13.2 Å². The number of para-hydroxylation sites is 1. The van der Waals surface area contributed by atoms with Crippen molar-refractivity contribution in [3.8, 4) is 57.0 Å². The predicted octanol–water partition coefficient (Wildman–Crippen LogP) is 10.5. The standard InChI is InChI=1S/C41H24F3N5/c42-41(43,44)31-19-16-27(17-20-31)30-18-22-34(37(24-30)49-35-14-8-7-13-32(35)33-21-15-26(25-45)23-36(33)49)40-47-38(28-9-3-1-4-10-28)46-39(48-40)29-11-5-2-6-12-29/h1-24H. The van der Waals surface area contributed by atoms with E-state index in [2.05, 4.69) is 10.6 Å². The molecule has 0 aliphatic heterocycles. The molecule has 5 nitrogen and oxygen atoms in total. The van der Waals surface area contributed by atoms with Gasteiger partial charge in [-0.3, -0.25) is 0 Å². The minimum Gasteiger partial charge on any atom is -0.308 e. The zero-order chi connectivity index (χ0) is 33.5. The maximum Gasteiger partial charge on any atom is 0.416 e. The van der Waals surface area contributed by atoms with Gasteiger partial charge in [0, 0.05) is 27.5 Å². The molecule has 8 aromatic rings. The highest BCUT2D eigenvalue weighted by Gasteiger charge is 2.30. The van der Waals surface area contributed by atoms with Gasteiger partial charge in [0.2, 0.25) is 0 Å². The summed E-state index contributed by atoms with van der Waals surface area (Å²) >= 11 is 0. The maximum absolute atomic E-state index is 13.4. The van der Waals surface area contributed by atoms with Crippen LogP contribution >= 0.6 is 0 Å². The van der Waals surface area contributed by atoms with Crippen LogP contribution in [0.2, 0.25) is 0 Å². The van der Waals surface area contributed by atoms with Gasteiger partial charge in [0.05, 0.1) is 33.9 Å². The van der Waals surface area contributed by atoms with Gasteiger partial charge >= 0.3 is 6.18 Å². The first-order valence-electron chi connectivity index (χ1n) is 15.5. The first-order chi connectivity index (χ1) is 23.9. The molecule has 2 heterocycles. The Balaban J connectivity index is 1.44. The van der Waals surface area contributed by atoms with Gasteiger partial charge in [0.15, 0.2) is 17.5 Å². The van der Waals surface area contributed by atoms with Crippen LogP contribution in [0.3, 0.4) is 0 Å². The Morgan fingerprint density at radius 2 is 1.08 bits per heavy atom. The number of aromatic nitrogens is 4. The van der Waals surface area contributed by atoms with Crippen molar-refractivity contribution >= 4 is 21.8 Å². The maximum atomic E-state index is 13.4. The fraction of sp³-hybridized carbons (Fsp3) is 0.0244. The summed E-state index contributed by atoms with van der Waals surface area (Å²) in [7, 11) is 0. The van der Waals surface area contributed by atoms with E-state index in [1.54, 1.807) is 6.07 Å². The predicted molar refractivity (Wildman–Crippen MR) is 186 cm³/mol. The molecule has 0 bridgehead atoms. The smallest absolute Gasteiger partial charge is 0.308 e. The van der Waals surface area contributed by atoms with E-state index in [0.717, 1.165) is 45.1 Å². The lowest BCUT2D eigenvalue weighted by atomic mass is 10.00. The third-order valence-corrected chi connectivity index (χ3v) is 8.53.